The number of benzene rings is 2. The maximum atomic E-state index is 13.9. The molecule has 0 amide bonds. The summed E-state index contributed by atoms with van der Waals surface area (Å²) >= 11 is 0. The maximum absolute atomic E-state index is 13.9. The Morgan fingerprint density at radius 2 is 1.84 bits per heavy atom. The number of para-hydroxylation sites is 2. The van der Waals surface area contributed by atoms with Crippen LogP contribution in [0.2, 0.25) is 0 Å². The van der Waals surface area contributed by atoms with E-state index in [4.69, 9.17) is 0 Å². The Bertz CT molecular complexity index is 836. The number of nitrogens with zero attached hydrogens (tertiary/aromatic N) is 1. The van der Waals surface area contributed by atoms with Crippen molar-refractivity contribution in [3.05, 3.63) is 58.5 Å². The summed E-state index contributed by atoms with van der Waals surface area (Å²) in [4.78, 5) is 14.3. The average molecular weight is 262 g/mol. The van der Waals surface area contributed by atoms with Crippen LogP contribution in [0.1, 0.15) is 0 Å². The normalized spacial score (nSPS) is 11.1. The van der Waals surface area contributed by atoms with E-state index in [0.717, 1.165) is 10.6 Å². The second kappa shape index (κ2) is 3.94. The minimum atomic E-state index is -1.14. The third-order valence-electron chi connectivity index (χ3n) is 2.86. The van der Waals surface area contributed by atoms with E-state index in [0.29, 0.717) is 0 Å². The molecule has 0 unspecified atom stereocenters. The number of hydrogen-bond acceptors (Lipinski definition) is 2. The fraction of sp³-hybridized carbons (Fsp3) is 0. The third kappa shape index (κ3) is 1.61. The van der Waals surface area contributed by atoms with Crippen molar-refractivity contribution in [3.8, 4) is 11.4 Å². The number of nitrogens with one attached hydrogen (secondary N) is 1. The quantitative estimate of drug-likeness (QED) is 0.707. The Labute approximate surface area is 105 Å². The van der Waals surface area contributed by atoms with Crippen LogP contribution < -0.4 is 5.69 Å². The van der Waals surface area contributed by atoms with E-state index in [1.165, 1.54) is 18.2 Å². The van der Waals surface area contributed by atoms with E-state index >= 15 is 0 Å². The fourth-order valence-corrected chi connectivity index (χ4v) is 2.02. The van der Waals surface area contributed by atoms with Crippen LogP contribution in [0.15, 0.2) is 41.2 Å². The van der Waals surface area contributed by atoms with Gasteiger partial charge < -0.3 is 10.1 Å². The van der Waals surface area contributed by atoms with Crippen LogP contribution in [-0.4, -0.2) is 14.7 Å². The van der Waals surface area contributed by atoms with Gasteiger partial charge in [-0.1, -0.05) is 12.1 Å². The number of aromatic nitrogens is 2. The first kappa shape index (κ1) is 11.5. The van der Waals surface area contributed by atoms with Crippen LogP contribution in [0.25, 0.3) is 16.7 Å². The first-order valence-corrected chi connectivity index (χ1v) is 5.46. The molecule has 0 aliphatic heterocycles. The van der Waals surface area contributed by atoms with E-state index in [1.54, 1.807) is 12.1 Å². The van der Waals surface area contributed by atoms with E-state index in [9.17, 15) is 18.7 Å². The number of rotatable bonds is 1. The molecule has 96 valence electrons. The van der Waals surface area contributed by atoms with Crippen LogP contribution in [-0.2, 0) is 0 Å². The zero-order valence-corrected chi connectivity index (χ0v) is 9.52. The Morgan fingerprint density at radius 3 is 2.58 bits per heavy atom. The SMILES string of the molecule is O=c1[nH]c2ccc(F)c(F)c2n1-c1ccccc1O. The Morgan fingerprint density at radius 1 is 1.11 bits per heavy atom. The average Bonchev–Trinajstić information content (AvgIpc) is 2.72. The molecule has 0 saturated carbocycles. The monoisotopic (exact) mass is 262 g/mol. The van der Waals surface area contributed by atoms with Gasteiger partial charge in [-0.05, 0) is 24.3 Å². The minimum absolute atomic E-state index is 0.0863. The number of hydrogen-bond donors (Lipinski definition) is 2. The highest BCUT2D eigenvalue weighted by Crippen LogP contribution is 2.25. The highest BCUT2D eigenvalue weighted by atomic mass is 19.2. The number of fused-ring (bicyclic) bond motifs is 1. The van der Waals surface area contributed by atoms with Crippen LogP contribution >= 0.6 is 0 Å². The smallest absolute Gasteiger partial charge is 0.331 e. The molecule has 2 N–H and O–H groups in total. The van der Waals surface area contributed by atoms with Gasteiger partial charge in [0.2, 0.25) is 0 Å². The lowest BCUT2D eigenvalue weighted by atomic mass is 10.2. The summed E-state index contributed by atoms with van der Waals surface area (Å²) in [5.74, 6) is -2.40. The summed E-state index contributed by atoms with van der Waals surface area (Å²) in [5.41, 5.74) is -0.636. The molecule has 4 nitrogen and oxygen atoms in total. The molecule has 1 aromatic heterocycles. The second-order valence-electron chi connectivity index (χ2n) is 4.01. The minimum Gasteiger partial charge on any atom is -0.506 e. The summed E-state index contributed by atoms with van der Waals surface area (Å²) in [6, 6.07) is 8.15. The number of aromatic hydroxyl groups is 1. The van der Waals surface area contributed by atoms with Crippen LogP contribution in [0.5, 0.6) is 5.75 Å². The molecule has 0 atom stereocenters. The second-order valence-corrected chi connectivity index (χ2v) is 4.01. The number of aromatic amines is 1. The lowest BCUT2D eigenvalue weighted by molar-refractivity contribution is 0.471. The largest absolute Gasteiger partial charge is 0.506 e. The van der Waals surface area contributed by atoms with Gasteiger partial charge in [0, 0.05) is 0 Å². The lowest BCUT2D eigenvalue weighted by Gasteiger charge is -2.06. The Balaban J connectivity index is 2.48. The van der Waals surface area contributed by atoms with Gasteiger partial charge in [0.05, 0.1) is 11.2 Å². The van der Waals surface area contributed by atoms with Gasteiger partial charge >= 0.3 is 5.69 Å². The predicted molar refractivity (Wildman–Crippen MR) is 65.5 cm³/mol. The van der Waals surface area contributed by atoms with Crippen LogP contribution in [0.3, 0.4) is 0 Å². The number of H-pyrrole nitrogens is 1. The highest BCUT2D eigenvalue weighted by Gasteiger charge is 2.17. The molecule has 0 saturated heterocycles. The predicted octanol–water partition coefficient (Wildman–Crippen LogP) is 2.30. The van der Waals surface area contributed by atoms with Crippen molar-refractivity contribution >= 4 is 11.0 Å². The van der Waals surface area contributed by atoms with Gasteiger partial charge in [0.25, 0.3) is 0 Å². The molecule has 0 aliphatic rings. The summed E-state index contributed by atoms with van der Waals surface area (Å²) in [6.45, 7) is 0. The molecule has 0 fully saturated rings. The van der Waals surface area contributed by atoms with Crippen molar-refractivity contribution in [1.82, 2.24) is 9.55 Å². The zero-order chi connectivity index (χ0) is 13.6. The first-order chi connectivity index (χ1) is 9.09. The van der Waals surface area contributed by atoms with Crippen molar-refractivity contribution in [2.75, 3.05) is 0 Å². The molecular formula is C13H8F2N2O2. The summed E-state index contributed by atoms with van der Waals surface area (Å²) in [6.07, 6.45) is 0. The highest BCUT2D eigenvalue weighted by molar-refractivity contribution is 5.78. The van der Waals surface area contributed by atoms with Crippen molar-refractivity contribution < 1.29 is 13.9 Å². The molecule has 3 rings (SSSR count). The molecule has 0 aliphatic carbocycles. The Hall–Kier alpha value is -2.63. The van der Waals surface area contributed by atoms with Crippen molar-refractivity contribution in [1.29, 1.82) is 0 Å². The molecule has 3 aromatic rings. The fourth-order valence-electron chi connectivity index (χ4n) is 2.02. The standard InChI is InChI=1S/C13H8F2N2O2/c14-7-5-6-8-12(11(7)15)17(13(19)16-8)9-3-1-2-4-10(9)18/h1-6,18H,(H,16,19). The molecule has 0 bridgehead atoms. The van der Waals surface area contributed by atoms with Crippen molar-refractivity contribution in [2.24, 2.45) is 0 Å². The summed E-state index contributed by atoms with van der Waals surface area (Å²) in [7, 11) is 0. The number of phenolic OH excluding ortho intramolecular Hbond substituents is 1. The molecular weight excluding hydrogens is 254 g/mol. The lowest BCUT2D eigenvalue weighted by Crippen LogP contribution is -2.15. The topological polar surface area (TPSA) is 58.0 Å². The van der Waals surface area contributed by atoms with Gasteiger partial charge in [-0.15, -0.1) is 0 Å². The van der Waals surface area contributed by atoms with Gasteiger partial charge in [-0.2, -0.15) is 0 Å². The van der Waals surface area contributed by atoms with Crippen molar-refractivity contribution in [3.63, 3.8) is 0 Å². The van der Waals surface area contributed by atoms with Crippen LogP contribution in [0, 0.1) is 11.6 Å². The third-order valence-corrected chi connectivity index (χ3v) is 2.86. The van der Waals surface area contributed by atoms with Gasteiger partial charge in [-0.3, -0.25) is 4.57 Å². The van der Waals surface area contributed by atoms with E-state index < -0.39 is 17.3 Å². The molecule has 2 aromatic carbocycles. The number of phenols is 1. The molecule has 19 heavy (non-hydrogen) atoms. The van der Waals surface area contributed by atoms with E-state index in [1.807, 2.05) is 0 Å². The van der Waals surface area contributed by atoms with E-state index in [2.05, 4.69) is 4.98 Å². The van der Waals surface area contributed by atoms with Crippen LogP contribution in [0.4, 0.5) is 8.78 Å². The maximum Gasteiger partial charge on any atom is 0.331 e. The molecule has 6 heteroatoms. The first-order valence-electron chi connectivity index (χ1n) is 5.46. The molecule has 0 radical (unpaired) electrons. The molecule has 0 spiro atoms. The number of halogens is 2. The van der Waals surface area contributed by atoms with E-state index in [-0.39, 0.29) is 22.5 Å². The Kier molecular flexibility index (Phi) is 2.38. The summed E-state index contributed by atoms with van der Waals surface area (Å²) in [5, 5.41) is 9.74. The van der Waals surface area contributed by atoms with Gasteiger partial charge in [0.1, 0.15) is 11.3 Å². The zero-order valence-electron chi connectivity index (χ0n) is 9.52. The van der Waals surface area contributed by atoms with Crippen molar-refractivity contribution in [2.45, 2.75) is 0 Å². The number of imidazole rings is 1. The van der Waals surface area contributed by atoms with Gasteiger partial charge in [-0.25, -0.2) is 13.6 Å². The van der Waals surface area contributed by atoms with Gasteiger partial charge in [0.15, 0.2) is 11.6 Å². The molecule has 1 heterocycles. The summed E-state index contributed by atoms with van der Waals surface area (Å²) < 4.78 is 28.0.